The second-order valence-corrected chi connectivity index (χ2v) is 17.4. The fraction of sp³-hybridized carbons (Fsp3) is 0.0385. The smallest absolute Gasteiger partial charge is 0.246 e. The van der Waals surface area contributed by atoms with E-state index >= 15 is 0 Å². The van der Waals surface area contributed by atoms with Gasteiger partial charge < -0.3 is 4.42 Å². The summed E-state index contributed by atoms with van der Waals surface area (Å²) in [6.07, 6.45) is 2.10. The van der Waals surface area contributed by atoms with Crippen molar-refractivity contribution < 1.29 is 17.4 Å². The van der Waals surface area contributed by atoms with Crippen LogP contribution in [0.4, 0.5) is 0 Å². The van der Waals surface area contributed by atoms with E-state index in [2.05, 4.69) is 72.3 Å². The molecule has 1 spiro atoms. The number of fused-ring (bicyclic) bond motifs is 14. The molecule has 12 rings (SSSR count). The van der Waals surface area contributed by atoms with Gasteiger partial charge in [-0.25, -0.2) is 23.4 Å². The van der Waals surface area contributed by atoms with Crippen LogP contribution in [0, 0.1) is 6.92 Å². The molecule has 2 aliphatic rings. The first-order valence-electron chi connectivity index (χ1n) is 19.8. The van der Waals surface area contributed by atoms with Crippen LogP contribution in [0.3, 0.4) is 0 Å². The highest BCUT2D eigenvalue weighted by molar-refractivity contribution is 7.91. The van der Waals surface area contributed by atoms with Crippen LogP contribution in [-0.2, 0) is 15.4 Å². The molecule has 8 heteroatoms. The minimum absolute atomic E-state index is 0.253. The van der Waals surface area contributed by atoms with Gasteiger partial charge in [0, 0.05) is 50.7 Å². The predicted molar refractivity (Wildman–Crippen MR) is 233 cm³/mol. The Kier molecular flexibility index (Phi) is 7.31. The lowest BCUT2D eigenvalue weighted by Gasteiger charge is -2.24. The minimum atomic E-state index is -3.81. The van der Waals surface area contributed by atoms with Crippen LogP contribution in [0.1, 0.15) is 22.3 Å². The van der Waals surface area contributed by atoms with Crippen molar-refractivity contribution in [2.45, 2.75) is 22.3 Å². The summed E-state index contributed by atoms with van der Waals surface area (Å²) < 4.78 is 37.5. The summed E-state index contributed by atoms with van der Waals surface area (Å²) in [6, 6.07) is 57.5. The summed E-state index contributed by atoms with van der Waals surface area (Å²) in [4.78, 5) is 15.5. The Morgan fingerprint density at radius 1 is 0.517 bits per heavy atom. The largest absolute Gasteiger partial charge is 0.455 e. The fourth-order valence-electron chi connectivity index (χ4n) is 9.35. The van der Waals surface area contributed by atoms with Crippen LogP contribution in [0.2, 0.25) is 0 Å². The highest BCUT2D eigenvalue weighted by Crippen LogP contribution is 2.57. The van der Waals surface area contributed by atoms with Crippen molar-refractivity contribution in [3.05, 3.63) is 204 Å². The number of furan rings is 1. The van der Waals surface area contributed by atoms with E-state index in [1.165, 1.54) is 0 Å². The average Bonchev–Trinajstić information content (AvgIpc) is 3.93. The first-order chi connectivity index (χ1) is 29.4. The number of benzene rings is 7. The molecular weight excluding hydrogens is 761 g/mol. The van der Waals surface area contributed by atoms with Gasteiger partial charge in [0.05, 0.1) is 15.4 Å². The van der Waals surface area contributed by atoms with Gasteiger partial charge in [0.15, 0.2) is 23.7 Å². The molecule has 7 nitrogen and oxygen atoms in total. The molecule has 4 heterocycles. The Morgan fingerprint density at radius 2 is 1.17 bits per heavy atom. The molecular formula is C52H33N4O3S+. The summed E-state index contributed by atoms with van der Waals surface area (Å²) in [5.74, 6) is 1.77. The SMILES string of the molecule is Cc1ccc(-c2nc(-c3ccccc3)nc(-c3ccc4oc5c6c(ccc5c4c3)C3(c4ccccc4-c4ccc(S(=O)(=O)c5ccccc5)cc43)[n+]3ccccc3-6)n2)cc1. The maximum Gasteiger partial charge on any atom is 0.246 e. The van der Waals surface area contributed by atoms with E-state index in [9.17, 15) is 8.42 Å². The van der Waals surface area contributed by atoms with Gasteiger partial charge in [-0.15, -0.1) is 0 Å². The van der Waals surface area contributed by atoms with Crippen molar-refractivity contribution >= 4 is 31.8 Å². The third-order valence-electron chi connectivity index (χ3n) is 12.1. The van der Waals surface area contributed by atoms with Gasteiger partial charge in [-0.1, -0.05) is 109 Å². The molecule has 0 saturated carbocycles. The molecule has 7 aromatic carbocycles. The number of hydrogen-bond donors (Lipinski definition) is 0. The molecule has 0 amide bonds. The highest BCUT2D eigenvalue weighted by Gasteiger charge is 2.60. The number of sulfone groups is 1. The normalized spacial score (nSPS) is 14.9. The second kappa shape index (κ2) is 12.7. The Hall–Kier alpha value is -7.55. The van der Waals surface area contributed by atoms with Crippen molar-refractivity contribution in [2.75, 3.05) is 0 Å². The van der Waals surface area contributed by atoms with Crippen LogP contribution >= 0.6 is 0 Å². The van der Waals surface area contributed by atoms with Crippen molar-refractivity contribution in [3.8, 4) is 56.5 Å². The third-order valence-corrected chi connectivity index (χ3v) is 13.9. The number of aryl methyl sites for hydroxylation is 1. The lowest BCUT2D eigenvalue weighted by Crippen LogP contribution is -2.55. The zero-order valence-electron chi connectivity index (χ0n) is 32.2. The lowest BCUT2D eigenvalue weighted by molar-refractivity contribution is -0.717. The van der Waals surface area contributed by atoms with Gasteiger partial charge in [-0.05, 0) is 78.7 Å². The monoisotopic (exact) mass is 793 g/mol. The van der Waals surface area contributed by atoms with Crippen LogP contribution in [0.15, 0.2) is 196 Å². The quantitative estimate of drug-likeness (QED) is 0.161. The first-order valence-corrected chi connectivity index (χ1v) is 21.3. The Bertz CT molecular complexity index is 3510. The topological polar surface area (TPSA) is 89.8 Å². The molecule has 0 fully saturated rings. The van der Waals surface area contributed by atoms with Gasteiger partial charge in [-0.3, -0.25) is 0 Å². The maximum atomic E-state index is 14.2. The zero-order chi connectivity index (χ0) is 40.2. The molecule has 3 aromatic heterocycles. The molecule has 284 valence electrons. The predicted octanol–water partition coefficient (Wildman–Crippen LogP) is 11.0. The maximum absolute atomic E-state index is 14.2. The summed E-state index contributed by atoms with van der Waals surface area (Å²) in [6.45, 7) is 2.07. The molecule has 1 aliphatic carbocycles. The second-order valence-electron chi connectivity index (χ2n) is 15.5. The van der Waals surface area contributed by atoms with Gasteiger partial charge >= 0.3 is 0 Å². The number of rotatable bonds is 5. The van der Waals surface area contributed by atoms with Crippen LogP contribution in [-0.4, -0.2) is 23.4 Å². The Labute approximate surface area is 345 Å². The van der Waals surface area contributed by atoms with Crippen LogP contribution in [0.25, 0.3) is 78.5 Å². The number of nitrogens with zero attached hydrogens (tertiary/aromatic N) is 4. The third kappa shape index (κ3) is 4.85. The molecule has 1 atom stereocenters. The van der Waals surface area contributed by atoms with Crippen molar-refractivity contribution in [1.82, 2.24) is 15.0 Å². The summed E-state index contributed by atoms with van der Waals surface area (Å²) >= 11 is 0. The zero-order valence-corrected chi connectivity index (χ0v) is 33.1. The molecule has 1 aliphatic heterocycles. The number of aromatic nitrogens is 4. The molecule has 0 bridgehead atoms. The Balaban J connectivity index is 1.07. The van der Waals surface area contributed by atoms with E-state index < -0.39 is 15.4 Å². The van der Waals surface area contributed by atoms with Crippen molar-refractivity contribution in [2.24, 2.45) is 0 Å². The van der Waals surface area contributed by atoms with Crippen LogP contribution in [0.5, 0.6) is 0 Å². The average molecular weight is 794 g/mol. The van der Waals surface area contributed by atoms with E-state index in [4.69, 9.17) is 19.4 Å². The fourth-order valence-corrected chi connectivity index (χ4v) is 10.7. The number of pyridine rings is 1. The van der Waals surface area contributed by atoms with E-state index in [1.54, 1.807) is 30.3 Å². The molecule has 10 aromatic rings. The van der Waals surface area contributed by atoms with E-state index in [-0.39, 0.29) is 9.79 Å². The molecule has 60 heavy (non-hydrogen) atoms. The van der Waals surface area contributed by atoms with Gasteiger partial charge in [0.1, 0.15) is 16.7 Å². The summed E-state index contributed by atoms with van der Waals surface area (Å²) in [5.41, 5.74) is 11.5. The van der Waals surface area contributed by atoms with Gasteiger partial charge in [-0.2, -0.15) is 4.57 Å². The van der Waals surface area contributed by atoms with E-state index in [0.717, 1.165) is 83.3 Å². The summed E-state index contributed by atoms with van der Waals surface area (Å²) in [7, 11) is -3.81. The van der Waals surface area contributed by atoms with Gasteiger partial charge in [0.25, 0.3) is 0 Å². The van der Waals surface area contributed by atoms with Crippen LogP contribution < -0.4 is 4.57 Å². The molecule has 1 unspecified atom stereocenters. The minimum Gasteiger partial charge on any atom is -0.455 e. The van der Waals surface area contributed by atoms with E-state index in [1.807, 2.05) is 91.0 Å². The molecule has 0 radical (unpaired) electrons. The highest BCUT2D eigenvalue weighted by atomic mass is 32.2. The van der Waals surface area contributed by atoms with E-state index in [0.29, 0.717) is 17.5 Å². The molecule has 0 N–H and O–H groups in total. The molecule has 0 saturated heterocycles. The van der Waals surface area contributed by atoms with Crippen molar-refractivity contribution in [1.29, 1.82) is 0 Å². The Morgan fingerprint density at radius 3 is 1.95 bits per heavy atom. The lowest BCUT2D eigenvalue weighted by atomic mass is 9.80. The summed E-state index contributed by atoms with van der Waals surface area (Å²) in [5, 5.41) is 1.90. The standard InChI is InChI=1S/C52H33N4O3S/c1-32-19-21-34(22-20-32)50-53-49(33-12-4-2-5-13-33)54-51(55-50)35-23-28-46-41(30-35)40-26-27-43-47(48(40)59-46)45-18-10-11-29-56(45)52(43)42-17-9-8-16-38(42)39-25-24-37(31-44(39)52)60(57,58)36-14-6-3-7-15-36/h2-31H,1H3/q+1. The van der Waals surface area contributed by atoms with Gasteiger partial charge in [0.2, 0.25) is 21.1 Å². The first kappa shape index (κ1) is 34.5. The number of hydrogen-bond acceptors (Lipinski definition) is 6. The van der Waals surface area contributed by atoms with Crippen molar-refractivity contribution in [3.63, 3.8) is 0 Å².